The highest BCUT2D eigenvalue weighted by Crippen LogP contribution is 2.40. The molecule has 2 aliphatic rings. The molecule has 6 heteroatoms. The third-order valence-corrected chi connectivity index (χ3v) is 3.93. The van der Waals surface area contributed by atoms with Crippen molar-refractivity contribution in [1.29, 1.82) is 0 Å². The fraction of sp³-hybridized carbons (Fsp3) is 0.727. The topological polar surface area (TPSA) is 53.9 Å². The van der Waals surface area contributed by atoms with E-state index in [1.807, 2.05) is 7.05 Å². The highest BCUT2D eigenvalue weighted by Gasteiger charge is 2.33. The van der Waals surface area contributed by atoms with Gasteiger partial charge < -0.3 is 4.90 Å². The smallest absolute Gasteiger partial charge is 0.222 e. The number of hydrogen-bond donors (Lipinski definition) is 1. The molecule has 0 bridgehead atoms. The Labute approximate surface area is 105 Å². The predicted octanol–water partition coefficient (Wildman–Crippen LogP) is 1.61. The quantitative estimate of drug-likeness (QED) is 0.814. The van der Waals surface area contributed by atoms with Gasteiger partial charge in [-0.2, -0.15) is 5.10 Å². The van der Waals surface area contributed by atoms with E-state index in [0.717, 1.165) is 18.8 Å². The van der Waals surface area contributed by atoms with Crippen LogP contribution in [-0.4, -0.2) is 39.2 Å². The van der Waals surface area contributed by atoms with Crippen LogP contribution in [0.2, 0.25) is 0 Å². The lowest BCUT2D eigenvalue weighted by molar-refractivity contribution is -0.132. The molecule has 1 aromatic heterocycles. The summed E-state index contributed by atoms with van der Waals surface area (Å²) in [4.78, 5) is 13.3. The number of nitrogens with one attached hydrogen (secondary N) is 1. The largest absolute Gasteiger partial charge is 0.344 e. The Morgan fingerprint density at radius 3 is 2.82 bits per heavy atom. The average molecular weight is 252 g/mol. The van der Waals surface area contributed by atoms with Crippen LogP contribution >= 0.6 is 12.2 Å². The van der Waals surface area contributed by atoms with Gasteiger partial charge in [-0.15, -0.1) is 0 Å². The summed E-state index contributed by atoms with van der Waals surface area (Å²) in [7, 11) is 1.86. The summed E-state index contributed by atoms with van der Waals surface area (Å²) in [5.74, 6) is 1.89. The lowest BCUT2D eigenvalue weighted by Gasteiger charge is -2.30. The number of carbonyl (C=O) groups excluding carboxylic acids is 1. The van der Waals surface area contributed by atoms with Crippen molar-refractivity contribution in [3.63, 3.8) is 0 Å². The first-order chi connectivity index (χ1) is 8.16. The Bertz CT molecular complexity index is 502. The molecule has 1 atom stereocenters. The Morgan fingerprint density at radius 2 is 2.18 bits per heavy atom. The Balaban J connectivity index is 1.90. The van der Waals surface area contributed by atoms with Crippen LogP contribution in [0.5, 0.6) is 0 Å². The molecule has 2 fully saturated rings. The molecule has 1 aliphatic carbocycles. The fourth-order valence-electron chi connectivity index (χ4n) is 2.50. The number of piperidine rings is 1. The molecule has 1 amide bonds. The molecule has 0 aromatic carbocycles. The zero-order valence-electron chi connectivity index (χ0n) is 9.85. The van der Waals surface area contributed by atoms with Gasteiger partial charge in [-0.1, -0.05) is 0 Å². The van der Waals surface area contributed by atoms with Crippen molar-refractivity contribution >= 4 is 18.1 Å². The number of nitrogens with zero attached hydrogens (tertiary/aromatic N) is 3. The lowest BCUT2D eigenvalue weighted by Crippen LogP contribution is -2.38. The van der Waals surface area contributed by atoms with E-state index in [1.54, 1.807) is 4.90 Å². The van der Waals surface area contributed by atoms with Crippen LogP contribution in [0.4, 0.5) is 0 Å². The molecular weight excluding hydrogens is 236 g/mol. The number of aromatic amines is 1. The maximum Gasteiger partial charge on any atom is 0.222 e. The molecule has 1 saturated heterocycles. The highest BCUT2D eigenvalue weighted by atomic mass is 32.1. The molecule has 2 heterocycles. The number of likely N-dealkylation sites (N-methyl/N-ethyl adjacent to an activating group) is 1. The van der Waals surface area contributed by atoms with Crippen LogP contribution < -0.4 is 0 Å². The fourth-order valence-corrected chi connectivity index (χ4v) is 2.79. The van der Waals surface area contributed by atoms with E-state index in [-0.39, 0.29) is 5.91 Å². The average Bonchev–Trinajstić information content (AvgIpc) is 3.07. The van der Waals surface area contributed by atoms with E-state index in [9.17, 15) is 4.79 Å². The SMILES string of the molecule is CN1CC(n2c(C3CC3)n[nH]c2=S)CCC1=O. The second kappa shape index (κ2) is 3.94. The predicted molar refractivity (Wildman–Crippen MR) is 65.3 cm³/mol. The van der Waals surface area contributed by atoms with Gasteiger partial charge in [-0.3, -0.25) is 14.5 Å². The molecule has 1 unspecified atom stereocenters. The molecule has 92 valence electrons. The van der Waals surface area contributed by atoms with Crippen molar-refractivity contribution in [3.8, 4) is 0 Å². The van der Waals surface area contributed by atoms with Crippen molar-refractivity contribution in [2.75, 3.05) is 13.6 Å². The van der Waals surface area contributed by atoms with Crippen molar-refractivity contribution < 1.29 is 4.79 Å². The molecule has 0 radical (unpaired) electrons. The first-order valence-corrected chi connectivity index (χ1v) is 6.48. The molecule has 17 heavy (non-hydrogen) atoms. The van der Waals surface area contributed by atoms with Crippen molar-refractivity contribution in [1.82, 2.24) is 19.7 Å². The molecule has 0 spiro atoms. The maximum absolute atomic E-state index is 11.5. The van der Waals surface area contributed by atoms with Crippen LogP contribution in [0, 0.1) is 4.77 Å². The van der Waals surface area contributed by atoms with E-state index in [4.69, 9.17) is 12.2 Å². The number of aromatic nitrogens is 3. The van der Waals surface area contributed by atoms with Gasteiger partial charge in [0.05, 0.1) is 6.04 Å². The summed E-state index contributed by atoms with van der Waals surface area (Å²) in [5, 5.41) is 7.23. The van der Waals surface area contributed by atoms with Crippen LogP contribution in [0.1, 0.15) is 43.5 Å². The molecule has 5 nitrogen and oxygen atoms in total. The molecule has 1 N–H and O–H groups in total. The normalized spacial score (nSPS) is 25.4. The van der Waals surface area contributed by atoms with Gasteiger partial charge >= 0.3 is 0 Å². The minimum atomic E-state index is 0.226. The van der Waals surface area contributed by atoms with Gasteiger partial charge in [0, 0.05) is 25.9 Å². The third kappa shape index (κ3) is 1.90. The first-order valence-electron chi connectivity index (χ1n) is 6.07. The van der Waals surface area contributed by atoms with Gasteiger partial charge in [-0.25, -0.2) is 0 Å². The Kier molecular flexibility index (Phi) is 2.54. The van der Waals surface area contributed by atoms with Gasteiger partial charge in [0.25, 0.3) is 0 Å². The van der Waals surface area contributed by atoms with Crippen LogP contribution in [-0.2, 0) is 4.79 Å². The second-order valence-electron chi connectivity index (χ2n) is 5.00. The molecule has 1 aliphatic heterocycles. The number of amides is 1. The molecule has 3 rings (SSSR count). The summed E-state index contributed by atoms with van der Waals surface area (Å²) < 4.78 is 2.83. The summed E-state index contributed by atoms with van der Waals surface area (Å²) >= 11 is 5.31. The zero-order chi connectivity index (χ0) is 12.0. The monoisotopic (exact) mass is 252 g/mol. The minimum Gasteiger partial charge on any atom is -0.344 e. The molecular formula is C11H16N4OS. The third-order valence-electron chi connectivity index (χ3n) is 3.64. The van der Waals surface area contributed by atoms with Crippen molar-refractivity contribution in [3.05, 3.63) is 10.6 Å². The molecule has 1 aromatic rings. The van der Waals surface area contributed by atoms with Gasteiger partial charge in [-0.05, 0) is 31.5 Å². The summed E-state index contributed by atoms with van der Waals surface area (Å²) in [6, 6.07) is 0.291. The standard InChI is InChI=1S/C11H16N4OS/c1-14-6-8(4-5-9(14)16)15-10(7-2-3-7)12-13-11(15)17/h7-8H,2-6H2,1H3,(H,13,17). The second-order valence-corrected chi connectivity index (χ2v) is 5.38. The lowest BCUT2D eigenvalue weighted by atomic mass is 10.1. The summed E-state index contributed by atoms with van der Waals surface area (Å²) in [6.45, 7) is 0.742. The Hall–Kier alpha value is -1.17. The molecule has 1 saturated carbocycles. The van der Waals surface area contributed by atoms with Crippen LogP contribution in [0.15, 0.2) is 0 Å². The number of carbonyl (C=O) groups is 1. The van der Waals surface area contributed by atoms with E-state index in [0.29, 0.717) is 23.2 Å². The van der Waals surface area contributed by atoms with E-state index in [1.165, 1.54) is 12.8 Å². The number of rotatable bonds is 2. The first kappa shape index (κ1) is 11.0. The van der Waals surface area contributed by atoms with Gasteiger partial charge in [0.2, 0.25) is 5.91 Å². The summed E-state index contributed by atoms with van der Waals surface area (Å²) in [5.41, 5.74) is 0. The van der Waals surface area contributed by atoms with Crippen LogP contribution in [0.3, 0.4) is 0 Å². The Morgan fingerprint density at radius 1 is 1.41 bits per heavy atom. The van der Waals surface area contributed by atoms with Gasteiger partial charge in [0.1, 0.15) is 5.82 Å². The van der Waals surface area contributed by atoms with E-state index < -0.39 is 0 Å². The van der Waals surface area contributed by atoms with Crippen molar-refractivity contribution in [2.24, 2.45) is 0 Å². The number of H-pyrrole nitrogens is 1. The minimum absolute atomic E-state index is 0.226. The van der Waals surface area contributed by atoms with Crippen molar-refractivity contribution in [2.45, 2.75) is 37.6 Å². The number of likely N-dealkylation sites (tertiary alicyclic amines) is 1. The maximum atomic E-state index is 11.5. The van der Waals surface area contributed by atoms with Gasteiger partial charge in [0.15, 0.2) is 4.77 Å². The summed E-state index contributed by atoms with van der Waals surface area (Å²) in [6.07, 6.45) is 3.90. The highest BCUT2D eigenvalue weighted by molar-refractivity contribution is 7.71. The van der Waals surface area contributed by atoms with E-state index >= 15 is 0 Å². The van der Waals surface area contributed by atoms with E-state index in [2.05, 4.69) is 14.8 Å². The number of hydrogen-bond acceptors (Lipinski definition) is 3. The zero-order valence-corrected chi connectivity index (χ0v) is 10.7. The van der Waals surface area contributed by atoms with Crippen LogP contribution in [0.25, 0.3) is 0 Å².